The van der Waals surface area contributed by atoms with E-state index in [4.69, 9.17) is 5.73 Å². The molecule has 0 aliphatic carbocycles. The molecule has 1 aliphatic heterocycles. The van der Waals surface area contributed by atoms with Gasteiger partial charge in [-0.1, -0.05) is 0 Å². The van der Waals surface area contributed by atoms with Crippen molar-refractivity contribution < 1.29 is 4.39 Å². The number of nitrogens with two attached hydrogens (primary N) is 1. The van der Waals surface area contributed by atoms with Crippen LogP contribution < -0.4 is 10.6 Å². The molecule has 0 aromatic heterocycles. The van der Waals surface area contributed by atoms with Gasteiger partial charge in [0.25, 0.3) is 0 Å². The lowest BCUT2D eigenvalue weighted by molar-refractivity contribution is 0.610. The minimum absolute atomic E-state index is 0.147. The zero-order valence-electron chi connectivity index (χ0n) is 11.2. The molecule has 1 unspecified atom stereocenters. The van der Waals surface area contributed by atoms with Crippen molar-refractivity contribution in [2.24, 2.45) is 5.73 Å². The Bertz CT molecular complexity index is 428. The summed E-state index contributed by atoms with van der Waals surface area (Å²) in [5.41, 5.74) is 8.64. The highest BCUT2D eigenvalue weighted by Gasteiger charge is 2.23. The second kappa shape index (κ2) is 5.49. The normalized spacial score (nSPS) is 21.1. The van der Waals surface area contributed by atoms with Gasteiger partial charge >= 0.3 is 0 Å². The topological polar surface area (TPSA) is 29.3 Å². The van der Waals surface area contributed by atoms with Gasteiger partial charge in [-0.3, -0.25) is 0 Å². The van der Waals surface area contributed by atoms with Gasteiger partial charge in [0.05, 0.1) is 0 Å². The first-order chi connectivity index (χ1) is 8.50. The van der Waals surface area contributed by atoms with Crippen LogP contribution in [0.25, 0.3) is 0 Å². The number of rotatable bonds is 3. The lowest BCUT2D eigenvalue weighted by Gasteiger charge is -2.29. The number of halogens is 1. The summed E-state index contributed by atoms with van der Waals surface area (Å²) in [4.78, 5) is 2.27. The molecular formula is C14H21FN2S. The van der Waals surface area contributed by atoms with Gasteiger partial charge in [-0.2, -0.15) is 11.8 Å². The molecule has 0 spiro atoms. The molecule has 1 fully saturated rings. The Labute approximate surface area is 113 Å². The number of benzene rings is 1. The molecule has 2 N–H and O–H groups in total. The maximum Gasteiger partial charge on any atom is 0.126 e. The highest BCUT2D eigenvalue weighted by atomic mass is 32.2. The molecule has 2 nitrogen and oxygen atoms in total. The number of hydrogen-bond donors (Lipinski definition) is 1. The second-order valence-electron chi connectivity index (χ2n) is 5.08. The fraction of sp³-hybridized carbons (Fsp3) is 0.571. The van der Waals surface area contributed by atoms with Gasteiger partial charge in [-0.05, 0) is 49.3 Å². The maximum atomic E-state index is 13.7. The Morgan fingerprint density at radius 2 is 2.22 bits per heavy atom. The molecule has 1 aromatic carbocycles. The average Bonchev–Trinajstić information content (AvgIpc) is 2.84. The molecule has 2 rings (SSSR count). The van der Waals surface area contributed by atoms with Crippen molar-refractivity contribution in [1.82, 2.24) is 0 Å². The third-order valence-electron chi connectivity index (χ3n) is 3.63. The predicted molar refractivity (Wildman–Crippen MR) is 77.9 cm³/mol. The monoisotopic (exact) mass is 268 g/mol. The zero-order chi connectivity index (χ0) is 13.3. The van der Waals surface area contributed by atoms with E-state index in [0.717, 1.165) is 17.0 Å². The molecule has 1 heterocycles. The van der Waals surface area contributed by atoms with Crippen LogP contribution in [0, 0.1) is 12.7 Å². The molecule has 0 amide bonds. The van der Waals surface area contributed by atoms with E-state index in [-0.39, 0.29) is 11.9 Å². The van der Waals surface area contributed by atoms with Gasteiger partial charge in [-0.15, -0.1) is 0 Å². The number of thioether (sulfide) groups is 1. The summed E-state index contributed by atoms with van der Waals surface area (Å²) in [6.45, 7) is 3.71. The van der Waals surface area contributed by atoms with E-state index in [0.29, 0.717) is 11.6 Å². The molecule has 0 saturated carbocycles. The summed E-state index contributed by atoms with van der Waals surface area (Å²) < 4.78 is 13.7. The first kappa shape index (κ1) is 13.7. The molecular weight excluding hydrogens is 247 g/mol. The van der Waals surface area contributed by atoms with Crippen LogP contribution in [-0.2, 0) is 0 Å². The van der Waals surface area contributed by atoms with Gasteiger partial charge < -0.3 is 10.6 Å². The molecule has 1 aliphatic rings. The van der Waals surface area contributed by atoms with Crippen molar-refractivity contribution in [3.63, 3.8) is 0 Å². The van der Waals surface area contributed by atoms with Crippen molar-refractivity contribution in [3.8, 4) is 0 Å². The van der Waals surface area contributed by atoms with Gasteiger partial charge in [0.2, 0.25) is 0 Å². The zero-order valence-corrected chi connectivity index (χ0v) is 12.1. The summed E-state index contributed by atoms with van der Waals surface area (Å²) in [6.07, 6.45) is 1.19. The molecule has 0 radical (unpaired) electrons. The lowest BCUT2D eigenvalue weighted by atomic mass is 10.0. The van der Waals surface area contributed by atoms with E-state index < -0.39 is 0 Å². The molecule has 100 valence electrons. The number of aryl methyl sites for hydroxylation is 1. The fourth-order valence-corrected chi connectivity index (χ4v) is 3.64. The van der Waals surface area contributed by atoms with Gasteiger partial charge in [0, 0.05) is 30.6 Å². The number of nitrogens with zero attached hydrogens (tertiary/aromatic N) is 1. The van der Waals surface area contributed by atoms with Crippen LogP contribution in [-0.4, -0.2) is 24.6 Å². The van der Waals surface area contributed by atoms with Crippen molar-refractivity contribution in [2.45, 2.75) is 32.4 Å². The Morgan fingerprint density at radius 3 is 2.78 bits per heavy atom. The maximum absolute atomic E-state index is 13.7. The van der Waals surface area contributed by atoms with E-state index in [1.54, 1.807) is 13.0 Å². The SMILES string of the molecule is Cc1cc(N(C)C2CCSC2)c([C@@H](C)N)cc1F. The second-order valence-corrected chi connectivity index (χ2v) is 6.23. The highest BCUT2D eigenvalue weighted by Crippen LogP contribution is 2.32. The van der Waals surface area contributed by atoms with E-state index in [9.17, 15) is 4.39 Å². The summed E-state index contributed by atoms with van der Waals surface area (Å²) >= 11 is 1.98. The standard InChI is InChI=1S/C14H21FN2S/c1-9-6-14(12(10(2)16)7-13(9)15)17(3)11-4-5-18-8-11/h6-7,10-11H,4-5,8,16H2,1-3H3/t10-,11?/m1/s1. The van der Waals surface area contributed by atoms with E-state index in [2.05, 4.69) is 11.9 Å². The van der Waals surface area contributed by atoms with E-state index in [1.165, 1.54) is 12.2 Å². The molecule has 0 bridgehead atoms. The van der Waals surface area contributed by atoms with Crippen LogP contribution in [0.2, 0.25) is 0 Å². The van der Waals surface area contributed by atoms with Crippen LogP contribution in [0.3, 0.4) is 0 Å². The summed E-state index contributed by atoms with van der Waals surface area (Å²) in [5.74, 6) is 2.19. The van der Waals surface area contributed by atoms with Crippen LogP contribution in [0.4, 0.5) is 10.1 Å². The van der Waals surface area contributed by atoms with E-state index in [1.807, 2.05) is 24.8 Å². The largest absolute Gasteiger partial charge is 0.370 e. The van der Waals surface area contributed by atoms with Gasteiger partial charge in [0.15, 0.2) is 0 Å². The highest BCUT2D eigenvalue weighted by molar-refractivity contribution is 7.99. The fourth-order valence-electron chi connectivity index (χ4n) is 2.38. The number of hydrogen-bond acceptors (Lipinski definition) is 3. The Morgan fingerprint density at radius 1 is 1.50 bits per heavy atom. The Balaban J connectivity index is 2.38. The lowest BCUT2D eigenvalue weighted by Crippen LogP contribution is -2.32. The van der Waals surface area contributed by atoms with Crippen molar-refractivity contribution in [1.29, 1.82) is 0 Å². The van der Waals surface area contributed by atoms with E-state index >= 15 is 0 Å². The minimum Gasteiger partial charge on any atom is -0.370 e. The summed E-state index contributed by atoms with van der Waals surface area (Å²) in [6, 6.07) is 3.91. The number of anilines is 1. The van der Waals surface area contributed by atoms with Gasteiger partial charge in [-0.25, -0.2) is 4.39 Å². The molecule has 1 saturated heterocycles. The van der Waals surface area contributed by atoms with Crippen LogP contribution in [0.5, 0.6) is 0 Å². The Hall–Kier alpha value is -0.740. The quantitative estimate of drug-likeness (QED) is 0.913. The third-order valence-corrected chi connectivity index (χ3v) is 4.78. The first-order valence-corrected chi connectivity index (χ1v) is 7.52. The molecule has 18 heavy (non-hydrogen) atoms. The molecule has 4 heteroatoms. The minimum atomic E-state index is -0.166. The van der Waals surface area contributed by atoms with Crippen molar-refractivity contribution in [2.75, 3.05) is 23.5 Å². The first-order valence-electron chi connectivity index (χ1n) is 6.37. The van der Waals surface area contributed by atoms with Crippen molar-refractivity contribution in [3.05, 3.63) is 29.1 Å². The summed E-state index contributed by atoms with van der Waals surface area (Å²) in [7, 11) is 2.09. The van der Waals surface area contributed by atoms with Crippen molar-refractivity contribution >= 4 is 17.4 Å². The predicted octanol–water partition coefficient (Wildman–Crippen LogP) is 3.10. The molecule has 2 atom stereocenters. The Kier molecular flexibility index (Phi) is 4.17. The third kappa shape index (κ3) is 2.64. The van der Waals surface area contributed by atoms with Crippen LogP contribution >= 0.6 is 11.8 Å². The summed E-state index contributed by atoms with van der Waals surface area (Å²) in [5, 5.41) is 0. The van der Waals surface area contributed by atoms with Crippen LogP contribution in [0.1, 0.15) is 30.5 Å². The van der Waals surface area contributed by atoms with Crippen LogP contribution in [0.15, 0.2) is 12.1 Å². The van der Waals surface area contributed by atoms with Gasteiger partial charge in [0.1, 0.15) is 5.82 Å². The molecule has 1 aromatic rings. The smallest absolute Gasteiger partial charge is 0.126 e. The average molecular weight is 268 g/mol.